The van der Waals surface area contributed by atoms with Crippen molar-refractivity contribution in [2.24, 2.45) is 0 Å². The van der Waals surface area contributed by atoms with Crippen molar-refractivity contribution < 1.29 is 36.1 Å². The van der Waals surface area contributed by atoms with E-state index < -0.39 is 17.6 Å². The van der Waals surface area contributed by atoms with E-state index in [0.29, 0.717) is 43.9 Å². The predicted octanol–water partition coefficient (Wildman–Crippen LogP) is 2.33. The second-order valence-corrected chi connectivity index (χ2v) is 10.7. The van der Waals surface area contributed by atoms with Crippen molar-refractivity contribution in [1.82, 2.24) is 9.80 Å². The molecule has 1 saturated heterocycles. The molecule has 1 heterocycles. The van der Waals surface area contributed by atoms with Crippen LogP contribution in [0.1, 0.15) is 28.2 Å². The molecule has 0 atom stereocenters. The number of carbonyl (C=O) groups excluding carboxylic acids is 1. The molecule has 0 radical (unpaired) electrons. The van der Waals surface area contributed by atoms with Gasteiger partial charge in [0.2, 0.25) is 0 Å². The fraction of sp³-hybridized carbons (Fsp3) is 0.296. The van der Waals surface area contributed by atoms with Gasteiger partial charge in [-0.25, -0.2) is 4.79 Å². The van der Waals surface area contributed by atoms with Gasteiger partial charge in [-0.05, 0) is 57.9 Å². The molecule has 1 fully saturated rings. The Labute approximate surface area is 227 Å². The topological polar surface area (TPSA) is 117 Å². The van der Waals surface area contributed by atoms with Crippen LogP contribution in [-0.4, -0.2) is 74.3 Å². The van der Waals surface area contributed by atoms with Gasteiger partial charge in [0.15, 0.2) is 0 Å². The number of ether oxygens (including phenoxy) is 1. The average Bonchev–Trinajstić information content (AvgIpc) is 3.22. The summed E-state index contributed by atoms with van der Waals surface area (Å²) in [6, 6.07) is 18.7. The van der Waals surface area contributed by atoms with E-state index in [-0.39, 0.29) is 29.8 Å². The van der Waals surface area contributed by atoms with E-state index in [1.54, 1.807) is 11.8 Å². The van der Waals surface area contributed by atoms with Crippen LogP contribution in [0.3, 0.4) is 0 Å². The number of hydrogen-bond acceptors (Lipinski definition) is 8. The Bertz CT molecular complexity index is 1450. The molecule has 1 aliphatic carbocycles. The number of piperazine rings is 1. The minimum Gasteiger partial charge on any atom is -0.448 e. The molecule has 2 N–H and O–H groups in total. The van der Waals surface area contributed by atoms with Gasteiger partial charge in [0.25, 0.3) is 0 Å². The summed E-state index contributed by atoms with van der Waals surface area (Å²) in [5.41, 5.74) is 5.70. The number of nitrogens with zero attached hydrogens (tertiary/aromatic N) is 2. The zero-order valence-corrected chi connectivity index (χ0v) is 22.1. The summed E-state index contributed by atoms with van der Waals surface area (Å²) >= 11 is 0. The second-order valence-electron chi connectivity index (χ2n) is 9.71. The lowest BCUT2D eigenvalue weighted by Gasteiger charge is -2.34. The SMILES string of the molecule is Cc1c(CN2CCN(C(=O)OCC3c4ccccc4-c4ccccc43)CC2)cc(OS(=O)(=O)F)cc1B(O)O. The summed E-state index contributed by atoms with van der Waals surface area (Å²) in [4.78, 5) is 16.6. The Morgan fingerprint density at radius 3 is 2.15 bits per heavy atom. The van der Waals surface area contributed by atoms with Crippen LogP contribution in [0.5, 0.6) is 5.75 Å². The van der Waals surface area contributed by atoms with Gasteiger partial charge in [-0.1, -0.05) is 52.4 Å². The van der Waals surface area contributed by atoms with Crippen LogP contribution >= 0.6 is 0 Å². The van der Waals surface area contributed by atoms with E-state index in [4.69, 9.17) is 4.74 Å². The van der Waals surface area contributed by atoms with Crippen LogP contribution in [0.15, 0.2) is 60.7 Å². The highest BCUT2D eigenvalue weighted by atomic mass is 32.3. The molecular weight excluding hydrogens is 526 g/mol. The number of fused-ring (bicyclic) bond motifs is 3. The van der Waals surface area contributed by atoms with Crippen LogP contribution in [0.25, 0.3) is 11.1 Å². The Morgan fingerprint density at radius 2 is 1.59 bits per heavy atom. The number of rotatable bonds is 7. The van der Waals surface area contributed by atoms with Crippen molar-refractivity contribution in [3.8, 4) is 16.9 Å². The maximum absolute atomic E-state index is 13.1. The van der Waals surface area contributed by atoms with Gasteiger partial charge in [0, 0.05) is 38.6 Å². The van der Waals surface area contributed by atoms with Crippen molar-refractivity contribution >= 4 is 29.2 Å². The van der Waals surface area contributed by atoms with E-state index in [9.17, 15) is 27.1 Å². The lowest BCUT2D eigenvalue weighted by atomic mass is 9.76. The van der Waals surface area contributed by atoms with Gasteiger partial charge in [0.05, 0.1) is 0 Å². The van der Waals surface area contributed by atoms with Crippen LogP contribution in [0.4, 0.5) is 8.68 Å². The summed E-state index contributed by atoms with van der Waals surface area (Å²) in [5, 5.41) is 19.4. The van der Waals surface area contributed by atoms with Gasteiger partial charge in [0.1, 0.15) is 12.4 Å². The van der Waals surface area contributed by atoms with Crippen LogP contribution in [0.2, 0.25) is 0 Å². The summed E-state index contributed by atoms with van der Waals surface area (Å²) in [6.45, 7) is 4.06. The van der Waals surface area contributed by atoms with Crippen LogP contribution in [-0.2, 0) is 21.8 Å². The number of hydrogen-bond donors (Lipinski definition) is 2. The van der Waals surface area contributed by atoms with E-state index in [0.717, 1.165) is 28.3 Å². The minimum absolute atomic E-state index is 0.0171. The molecule has 3 aromatic carbocycles. The summed E-state index contributed by atoms with van der Waals surface area (Å²) in [7, 11) is -7.17. The highest BCUT2D eigenvalue weighted by molar-refractivity contribution is 7.81. The fourth-order valence-electron chi connectivity index (χ4n) is 5.38. The first-order valence-electron chi connectivity index (χ1n) is 12.6. The summed E-state index contributed by atoms with van der Waals surface area (Å²) < 4.78 is 45.1. The van der Waals surface area contributed by atoms with Crippen molar-refractivity contribution in [2.75, 3.05) is 32.8 Å². The maximum atomic E-state index is 13.1. The third-order valence-corrected chi connectivity index (χ3v) is 7.75. The van der Waals surface area contributed by atoms with E-state index in [1.807, 2.05) is 29.2 Å². The number of amides is 1. The predicted molar refractivity (Wildman–Crippen MR) is 144 cm³/mol. The molecule has 1 amide bonds. The molecular formula is C27H28BFN2O7S. The Hall–Kier alpha value is -3.45. The monoisotopic (exact) mass is 554 g/mol. The highest BCUT2D eigenvalue weighted by Crippen LogP contribution is 2.44. The molecule has 1 aliphatic heterocycles. The number of benzene rings is 3. The van der Waals surface area contributed by atoms with Gasteiger partial charge in [-0.15, -0.1) is 0 Å². The molecule has 0 bridgehead atoms. The molecule has 204 valence electrons. The van der Waals surface area contributed by atoms with E-state index >= 15 is 0 Å². The first kappa shape index (κ1) is 27.1. The largest absolute Gasteiger partial charge is 0.488 e. The Kier molecular flexibility index (Phi) is 7.63. The maximum Gasteiger partial charge on any atom is 0.488 e. The number of halogens is 1. The van der Waals surface area contributed by atoms with Crippen LogP contribution < -0.4 is 9.65 Å². The molecule has 39 heavy (non-hydrogen) atoms. The zero-order valence-electron chi connectivity index (χ0n) is 21.3. The van der Waals surface area contributed by atoms with Gasteiger partial charge < -0.3 is 23.9 Å². The lowest BCUT2D eigenvalue weighted by molar-refractivity contribution is 0.0728. The third-order valence-electron chi connectivity index (χ3n) is 7.36. The quantitative estimate of drug-likeness (QED) is 0.338. The number of carbonyl (C=O) groups is 1. The summed E-state index contributed by atoms with van der Waals surface area (Å²) in [6.07, 6.45) is -0.387. The normalized spacial score (nSPS) is 15.5. The molecule has 0 spiro atoms. The molecule has 3 aromatic rings. The standard InChI is InChI=1S/C27H28BFN2O7S/c1-18-19(14-20(38-39(29,35)36)15-26(18)28(33)34)16-30-10-12-31(13-11-30)27(32)37-17-25-23-8-4-2-6-21(23)22-7-3-5-9-24(22)25/h2-9,14-15,25,33-34H,10-13,16-17H2,1H3. The summed E-state index contributed by atoms with van der Waals surface area (Å²) in [5.74, 6) is -0.372. The van der Waals surface area contributed by atoms with Crippen molar-refractivity contribution in [2.45, 2.75) is 19.4 Å². The average molecular weight is 554 g/mol. The van der Waals surface area contributed by atoms with E-state index in [1.165, 1.54) is 6.07 Å². The third kappa shape index (κ3) is 5.93. The fourth-order valence-corrected chi connectivity index (χ4v) is 5.70. The highest BCUT2D eigenvalue weighted by Gasteiger charge is 2.30. The van der Waals surface area contributed by atoms with E-state index in [2.05, 4.69) is 28.4 Å². The molecule has 0 unspecified atom stereocenters. The zero-order chi connectivity index (χ0) is 27.7. The molecule has 2 aliphatic rings. The van der Waals surface area contributed by atoms with Gasteiger partial charge in [-0.2, -0.15) is 8.42 Å². The van der Waals surface area contributed by atoms with Crippen LogP contribution in [0, 0.1) is 6.92 Å². The van der Waals surface area contributed by atoms with Crippen molar-refractivity contribution in [1.29, 1.82) is 0 Å². The van der Waals surface area contributed by atoms with Gasteiger partial charge >= 0.3 is 23.7 Å². The molecule has 0 aromatic heterocycles. The first-order valence-corrected chi connectivity index (χ1v) is 13.9. The Balaban J connectivity index is 1.20. The van der Waals surface area contributed by atoms with Crippen molar-refractivity contribution in [3.63, 3.8) is 0 Å². The van der Waals surface area contributed by atoms with Crippen molar-refractivity contribution in [3.05, 3.63) is 82.9 Å². The Morgan fingerprint density at radius 1 is 1.00 bits per heavy atom. The smallest absolute Gasteiger partial charge is 0.448 e. The molecule has 12 heteroatoms. The van der Waals surface area contributed by atoms with Gasteiger partial charge in [-0.3, -0.25) is 4.90 Å². The second kappa shape index (κ2) is 11.0. The molecule has 9 nitrogen and oxygen atoms in total. The minimum atomic E-state index is -5.28. The molecule has 5 rings (SSSR count). The first-order chi connectivity index (χ1) is 18.6. The molecule has 0 saturated carbocycles. The lowest BCUT2D eigenvalue weighted by Crippen LogP contribution is -2.48.